The Bertz CT molecular complexity index is 259. The molecule has 1 heterocycles. The van der Waals surface area contributed by atoms with Crippen LogP contribution in [0.5, 0.6) is 0 Å². The molecule has 0 aromatic carbocycles. The number of hydrogen-bond acceptors (Lipinski definition) is 3. The summed E-state index contributed by atoms with van der Waals surface area (Å²) in [7, 11) is 0. The molecule has 0 aliphatic rings. The Morgan fingerprint density at radius 3 is 3.08 bits per heavy atom. The molecule has 0 fully saturated rings. The van der Waals surface area contributed by atoms with Gasteiger partial charge in [-0.1, -0.05) is 13.0 Å². The lowest BCUT2D eigenvalue weighted by Crippen LogP contribution is -2.30. The van der Waals surface area contributed by atoms with Gasteiger partial charge in [0.05, 0.1) is 4.88 Å². The number of carbonyl (C=O) groups is 1. The van der Waals surface area contributed by atoms with Crippen LogP contribution in [0.25, 0.3) is 0 Å². The third-order valence-electron chi connectivity index (χ3n) is 1.76. The smallest absolute Gasteiger partial charge is 0.261 e. The Morgan fingerprint density at radius 1 is 1.77 bits per heavy atom. The zero-order valence-corrected chi connectivity index (χ0v) is 8.43. The van der Waals surface area contributed by atoms with Crippen molar-refractivity contribution >= 4 is 17.2 Å². The molecule has 72 valence electrons. The van der Waals surface area contributed by atoms with Crippen LogP contribution in [0, 0.1) is 5.92 Å². The minimum absolute atomic E-state index is 0.00435. The highest BCUT2D eigenvalue weighted by Crippen LogP contribution is 2.07. The SMILES string of the molecule is CC(CN)CNC(=O)c1cccs1. The van der Waals surface area contributed by atoms with Gasteiger partial charge in [0.2, 0.25) is 0 Å². The van der Waals surface area contributed by atoms with Crippen molar-refractivity contribution < 1.29 is 4.79 Å². The lowest BCUT2D eigenvalue weighted by atomic mass is 10.2. The second kappa shape index (κ2) is 4.99. The van der Waals surface area contributed by atoms with Crippen LogP contribution < -0.4 is 11.1 Å². The normalized spacial score (nSPS) is 12.5. The van der Waals surface area contributed by atoms with Crippen molar-refractivity contribution in [3.8, 4) is 0 Å². The average Bonchev–Trinajstić information content (AvgIpc) is 2.66. The van der Waals surface area contributed by atoms with Gasteiger partial charge in [0, 0.05) is 6.54 Å². The van der Waals surface area contributed by atoms with Crippen LogP contribution in [-0.2, 0) is 0 Å². The number of thiophene rings is 1. The number of amides is 1. The largest absolute Gasteiger partial charge is 0.351 e. The van der Waals surface area contributed by atoms with Crippen LogP contribution in [0.3, 0.4) is 0 Å². The first-order valence-corrected chi connectivity index (χ1v) is 5.13. The quantitative estimate of drug-likeness (QED) is 0.760. The zero-order chi connectivity index (χ0) is 9.68. The van der Waals surface area contributed by atoms with E-state index in [9.17, 15) is 4.79 Å². The minimum atomic E-state index is -0.00435. The Kier molecular flexibility index (Phi) is 3.92. The molecule has 1 aromatic rings. The zero-order valence-electron chi connectivity index (χ0n) is 7.62. The molecule has 0 bridgehead atoms. The number of rotatable bonds is 4. The maximum Gasteiger partial charge on any atom is 0.261 e. The molecule has 0 aliphatic carbocycles. The van der Waals surface area contributed by atoms with Crippen LogP contribution in [-0.4, -0.2) is 19.0 Å². The van der Waals surface area contributed by atoms with Crippen molar-refractivity contribution in [3.63, 3.8) is 0 Å². The second-order valence-corrected chi connectivity index (χ2v) is 3.98. The van der Waals surface area contributed by atoms with E-state index in [1.54, 1.807) is 0 Å². The fourth-order valence-corrected chi connectivity index (χ4v) is 1.49. The molecule has 3 N–H and O–H groups in total. The topological polar surface area (TPSA) is 55.1 Å². The van der Waals surface area contributed by atoms with Crippen LogP contribution >= 0.6 is 11.3 Å². The van der Waals surface area contributed by atoms with Gasteiger partial charge in [-0.05, 0) is 23.9 Å². The van der Waals surface area contributed by atoms with E-state index in [-0.39, 0.29) is 5.91 Å². The highest BCUT2D eigenvalue weighted by molar-refractivity contribution is 7.12. The summed E-state index contributed by atoms with van der Waals surface area (Å²) in [5.74, 6) is 0.333. The molecule has 1 rings (SSSR count). The van der Waals surface area contributed by atoms with Gasteiger partial charge in [0.25, 0.3) is 5.91 Å². The van der Waals surface area contributed by atoms with E-state index in [4.69, 9.17) is 5.73 Å². The van der Waals surface area contributed by atoms with Crippen LogP contribution in [0.15, 0.2) is 17.5 Å². The molecule has 0 aliphatic heterocycles. The molecule has 0 spiro atoms. The maximum absolute atomic E-state index is 11.4. The summed E-state index contributed by atoms with van der Waals surface area (Å²) in [5, 5.41) is 4.72. The number of hydrogen-bond donors (Lipinski definition) is 2. The predicted molar refractivity (Wildman–Crippen MR) is 54.9 cm³/mol. The third kappa shape index (κ3) is 3.16. The first-order valence-electron chi connectivity index (χ1n) is 4.25. The summed E-state index contributed by atoms with van der Waals surface area (Å²) in [4.78, 5) is 12.1. The Balaban J connectivity index is 2.35. The molecule has 0 saturated heterocycles. The average molecular weight is 198 g/mol. The van der Waals surface area contributed by atoms with E-state index in [0.717, 1.165) is 4.88 Å². The highest BCUT2D eigenvalue weighted by Gasteiger charge is 2.06. The van der Waals surface area contributed by atoms with E-state index in [1.165, 1.54) is 11.3 Å². The molecular weight excluding hydrogens is 184 g/mol. The number of nitrogens with one attached hydrogen (secondary N) is 1. The monoisotopic (exact) mass is 198 g/mol. The Labute approximate surface area is 81.9 Å². The molecule has 1 aromatic heterocycles. The van der Waals surface area contributed by atoms with Gasteiger partial charge in [-0.25, -0.2) is 0 Å². The number of nitrogens with two attached hydrogens (primary N) is 1. The Morgan fingerprint density at radius 2 is 2.54 bits per heavy atom. The van der Waals surface area contributed by atoms with Gasteiger partial charge in [-0.3, -0.25) is 4.79 Å². The fourth-order valence-electron chi connectivity index (χ4n) is 0.845. The van der Waals surface area contributed by atoms with Gasteiger partial charge in [-0.15, -0.1) is 11.3 Å². The Hall–Kier alpha value is -0.870. The summed E-state index contributed by atoms with van der Waals surface area (Å²) < 4.78 is 0. The van der Waals surface area contributed by atoms with Crippen molar-refractivity contribution in [2.24, 2.45) is 11.7 Å². The van der Waals surface area contributed by atoms with Crippen molar-refractivity contribution in [1.29, 1.82) is 0 Å². The summed E-state index contributed by atoms with van der Waals surface area (Å²) in [6.45, 7) is 3.26. The highest BCUT2D eigenvalue weighted by atomic mass is 32.1. The maximum atomic E-state index is 11.4. The van der Waals surface area contributed by atoms with E-state index in [0.29, 0.717) is 19.0 Å². The standard InChI is InChI=1S/C9H14N2OS/c1-7(5-10)6-11-9(12)8-3-2-4-13-8/h2-4,7H,5-6,10H2,1H3,(H,11,12). The molecule has 1 amide bonds. The predicted octanol–water partition coefficient (Wildman–Crippen LogP) is 1.07. The molecule has 0 radical (unpaired) electrons. The lowest BCUT2D eigenvalue weighted by molar-refractivity contribution is 0.0952. The summed E-state index contributed by atoms with van der Waals surface area (Å²) in [6, 6.07) is 3.68. The van der Waals surface area contributed by atoms with Gasteiger partial charge < -0.3 is 11.1 Å². The molecular formula is C9H14N2OS. The lowest BCUT2D eigenvalue weighted by Gasteiger charge is -2.08. The molecule has 3 nitrogen and oxygen atoms in total. The first kappa shape index (κ1) is 10.2. The first-order chi connectivity index (χ1) is 6.24. The summed E-state index contributed by atoms with van der Waals surface area (Å²) in [6.07, 6.45) is 0. The molecule has 1 unspecified atom stereocenters. The van der Waals surface area contributed by atoms with E-state index in [1.807, 2.05) is 24.4 Å². The van der Waals surface area contributed by atoms with Crippen LogP contribution in [0.2, 0.25) is 0 Å². The summed E-state index contributed by atoms with van der Waals surface area (Å²) in [5.41, 5.74) is 5.43. The van der Waals surface area contributed by atoms with Crippen molar-refractivity contribution in [3.05, 3.63) is 22.4 Å². The van der Waals surface area contributed by atoms with E-state index < -0.39 is 0 Å². The third-order valence-corrected chi connectivity index (χ3v) is 2.63. The van der Waals surface area contributed by atoms with Gasteiger partial charge in [0.15, 0.2) is 0 Å². The van der Waals surface area contributed by atoms with Crippen molar-refractivity contribution in [2.45, 2.75) is 6.92 Å². The van der Waals surface area contributed by atoms with Crippen molar-refractivity contribution in [1.82, 2.24) is 5.32 Å². The van der Waals surface area contributed by atoms with E-state index in [2.05, 4.69) is 5.32 Å². The number of carbonyl (C=O) groups excluding carboxylic acids is 1. The van der Waals surface area contributed by atoms with Gasteiger partial charge in [0.1, 0.15) is 0 Å². The van der Waals surface area contributed by atoms with Gasteiger partial charge in [-0.2, -0.15) is 0 Å². The van der Waals surface area contributed by atoms with Crippen LogP contribution in [0.4, 0.5) is 0 Å². The van der Waals surface area contributed by atoms with Crippen molar-refractivity contribution in [2.75, 3.05) is 13.1 Å². The van der Waals surface area contributed by atoms with E-state index >= 15 is 0 Å². The summed E-state index contributed by atoms with van der Waals surface area (Å²) >= 11 is 1.45. The molecule has 1 atom stereocenters. The second-order valence-electron chi connectivity index (χ2n) is 3.03. The molecule has 0 saturated carbocycles. The molecule has 4 heteroatoms. The minimum Gasteiger partial charge on any atom is -0.351 e. The van der Waals surface area contributed by atoms with Crippen LogP contribution in [0.1, 0.15) is 16.6 Å². The molecule has 13 heavy (non-hydrogen) atoms. The van der Waals surface area contributed by atoms with Gasteiger partial charge >= 0.3 is 0 Å². The fraction of sp³-hybridized carbons (Fsp3) is 0.444.